The normalized spacial score (nSPS) is 10.9. The maximum absolute atomic E-state index is 12.9. The van der Waals surface area contributed by atoms with Crippen molar-refractivity contribution in [1.82, 2.24) is 9.78 Å². The second kappa shape index (κ2) is 6.69. The van der Waals surface area contributed by atoms with Crippen molar-refractivity contribution in [2.24, 2.45) is 0 Å². The van der Waals surface area contributed by atoms with Gasteiger partial charge in [0.05, 0.1) is 11.4 Å². The van der Waals surface area contributed by atoms with Crippen LogP contribution in [0.5, 0.6) is 0 Å². The van der Waals surface area contributed by atoms with Crippen molar-refractivity contribution in [1.29, 1.82) is 0 Å². The summed E-state index contributed by atoms with van der Waals surface area (Å²) in [5.41, 5.74) is 5.01. The highest BCUT2D eigenvalue weighted by Crippen LogP contribution is 2.23. The van der Waals surface area contributed by atoms with E-state index in [1.807, 2.05) is 36.4 Å². The summed E-state index contributed by atoms with van der Waals surface area (Å²) in [6.45, 7) is 4.22. The molecule has 0 bridgehead atoms. The molecule has 2 aromatic carbocycles. The molecular weight excluding hydrogens is 284 g/mol. The van der Waals surface area contributed by atoms with Crippen LogP contribution in [0.15, 0.2) is 59.4 Å². The molecule has 0 fully saturated rings. The molecule has 0 aliphatic rings. The van der Waals surface area contributed by atoms with Gasteiger partial charge in [0.2, 0.25) is 0 Å². The van der Waals surface area contributed by atoms with E-state index in [9.17, 15) is 4.79 Å². The molecule has 0 saturated heterocycles. The number of hydrogen-bond acceptors (Lipinski definition) is 1. The van der Waals surface area contributed by atoms with Crippen molar-refractivity contribution in [3.05, 3.63) is 76.1 Å². The molecule has 0 aliphatic heterocycles. The van der Waals surface area contributed by atoms with Gasteiger partial charge in [0, 0.05) is 11.1 Å². The topological polar surface area (TPSA) is 37.8 Å². The van der Waals surface area contributed by atoms with Crippen LogP contribution in [0, 0.1) is 6.92 Å². The molecule has 1 N–H and O–H groups in total. The molecule has 0 atom stereocenters. The Labute approximate surface area is 136 Å². The number of hydrogen-bond donors (Lipinski definition) is 1. The molecule has 3 nitrogen and oxygen atoms in total. The minimum Gasteiger partial charge on any atom is -0.290 e. The smallest absolute Gasteiger partial charge is 0.275 e. The fourth-order valence-corrected chi connectivity index (χ4v) is 2.86. The van der Waals surface area contributed by atoms with E-state index in [4.69, 9.17) is 0 Å². The van der Waals surface area contributed by atoms with E-state index in [1.54, 1.807) is 4.68 Å². The molecule has 1 aromatic heterocycles. The van der Waals surface area contributed by atoms with E-state index >= 15 is 0 Å². The van der Waals surface area contributed by atoms with Crippen LogP contribution >= 0.6 is 0 Å². The molecule has 0 saturated carbocycles. The lowest BCUT2D eigenvalue weighted by Crippen LogP contribution is -2.17. The second-order valence-electron chi connectivity index (χ2n) is 5.91. The third-order valence-electron chi connectivity index (χ3n) is 4.09. The molecular formula is C20H22N2O. The Morgan fingerprint density at radius 1 is 1.04 bits per heavy atom. The Kier molecular flexibility index (Phi) is 4.47. The fraction of sp³-hybridized carbons (Fsp3) is 0.250. The van der Waals surface area contributed by atoms with Crippen molar-refractivity contribution < 1.29 is 0 Å². The van der Waals surface area contributed by atoms with Crippen LogP contribution in [0.2, 0.25) is 0 Å². The van der Waals surface area contributed by atoms with Crippen molar-refractivity contribution in [2.75, 3.05) is 0 Å². The van der Waals surface area contributed by atoms with E-state index in [0.717, 1.165) is 41.8 Å². The first-order chi connectivity index (χ1) is 11.2. The molecule has 3 heteroatoms. The van der Waals surface area contributed by atoms with Gasteiger partial charge in [-0.3, -0.25) is 9.89 Å². The lowest BCUT2D eigenvalue weighted by Gasteiger charge is -2.04. The number of nitrogens with one attached hydrogen (secondary N) is 1. The number of H-pyrrole nitrogens is 1. The van der Waals surface area contributed by atoms with Gasteiger partial charge < -0.3 is 0 Å². The van der Waals surface area contributed by atoms with Gasteiger partial charge in [-0.15, -0.1) is 0 Å². The number of aromatic nitrogens is 2. The summed E-state index contributed by atoms with van der Waals surface area (Å²) in [4.78, 5) is 12.9. The number of nitrogens with zero attached hydrogens (tertiary/aromatic N) is 1. The lowest BCUT2D eigenvalue weighted by molar-refractivity contribution is 0.786. The van der Waals surface area contributed by atoms with E-state index in [0.29, 0.717) is 0 Å². The number of rotatable bonds is 5. The summed E-state index contributed by atoms with van der Waals surface area (Å²) in [5.74, 6) is 0. The highest BCUT2D eigenvalue weighted by Gasteiger charge is 2.16. The number of para-hydroxylation sites is 1. The first kappa shape index (κ1) is 15.3. The SMILES string of the molecule is CCCCc1c(-c2cccc(C)c2)[nH]n(-c2ccccc2)c1=O. The minimum absolute atomic E-state index is 0.0566. The minimum atomic E-state index is 0.0566. The third-order valence-corrected chi connectivity index (χ3v) is 4.09. The molecule has 3 rings (SSSR count). The van der Waals surface area contributed by atoms with Crippen LogP contribution in [0.4, 0.5) is 0 Å². The highest BCUT2D eigenvalue weighted by molar-refractivity contribution is 5.64. The summed E-state index contributed by atoms with van der Waals surface area (Å²) in [5, 5.41) is 3.32. The van der Waals surface area contributed by atoms with Gasteiger partial charge in [0.15, 0.2) is 0 Å². The van der Waals surface area contributed by atoms with Gasteiger partial charge >= 0.3 is 0 Å². The monoisotopic (exact) mass is 306 g/mol. The molecule has 23 heavy (non-hydrogen) atoms. The van der Waals surface area contributed by atoms with Crippen LogP contribution in [0.25, 0.3) is 16.9 Å². The van der Waals surface area contributed by atoms with Gasteiger partial charge in [-0.2, -0.15) is 0 Å². The maximum atomic E-state index is 12.9. The zero-order valence-corrected chi connectivity index (χ0v) is 13.7. The molecule has 0 amide bonds. The average molecular weight is 306 g/mol. The van der Waals surface area contributed by atoms with Crippen molar-refractivity contribution in [2.45, 2.75) is 33.1 Å². The van der Waals surface area contributed by atoms with E-state index < -0.39 is 0 Å². The number of aromatic amines is 1. The number of unbranched alkanes of at least 4 members (excludes halogenated alkanes) is 1. The molecule has 118 valence electrons. The molecule has 3 aromatic rings. The Bertz CT molecular complexity index is 844. The predicted octanol–water partition coefficient (Wildman–Crippen LogP) is 4.48. The number of benzene rings is 2. The Morgan fingerprint density at radius 2 is 1.83 bits per heavy atom. The molecule has 0 spiro atoms. The summed E-state index contributed by atoms with van der Waals surface area (Å²) in [6.07, 6.45) is 2.89. The van der Waals surface area contributed by atoms with Gasteiger partial charge in [0.1, 0.15) is 0 Å². The summed E-state index contributed by atoms with van der Waals surface area (Å²) in [7, 11) is 0. The molecule has 0 unspecified atom stereocenters. The Balaban J connectivity index is 2.16. The first-order valence-electron chi connectivity index (χ1n) is 8.17. The quantitative estimate of drug-likeness (QED) is 0.741. The van der Waals surface area contributed by atoms with Gasteiger partial charge in [-0.25, -0.2) is 4.68 Å². The van der Waals surface area contributed by atoms with Crippen LogP contribution in [-0.4, -0.2) is 9.78 Å². The van der Waals surface area contributed by atoms with Crippen LogP contribution in [0.1, 0.15) is 30.9 Å². The van der Waals surface area contributed by atoms with Gasteiger partial charge in [-0.05, 0) is 38.0 Å². The van der Waals surface area contributed by atoms with Crippen molar-refractivity contribution in [3.8, 4) is 16.9 Å². The lowest BCUT2D eigenvalue weighted by atomic mass is 10.0. The standard InChI is InChI=1S/C20H22N2O/c1-3-4-13-18-19(16-10-8-9-15(2)14-16)21-22(20(18)23)17-11-6-5-7-12-17/h5-12,14,21H,3-4,13H2,1-2H3. The zero-order chi connectivity index (χ0) is 16.2. The summed E-state index contributed by atoms with van der Waals surface area (Å²) >= 11 is 0. The fourth-order valence-electron chi connectivity index (χ4n) is 2.86. The zero-order valence-electron chi connectivity index (χ0n) is 13.7. The van der Waals surface area contributed by atoms with E-state index in [-0.39, 0.29) is 5.56 Å². The summed E-state index contributed by atoms with van der Waals surface area (Å²) in [6, 6.07) is 18.0. The summed E-state index contributed by atoms with van der Waals surface area (Å²) < 4.78 is 1.66. The first-order valence-corrected chi connectivity index (χ1v) is 8.17. The Morgan fingerprint density at radius 3 is 2.52 bits per heavy atom. The highest BCUT2D eigenvalue weighted by atomic mass is 16.1. The van der Waals surface area contributed by atoms with Crippen molar-refractivity contribution in [3.63, 3.8) is 0 Å². The van der Waals surface area contributed by atoms with Crippen molar-refractivity contribution >= 4 is 0 Å². The van der Waals surface area contributed by atoms with Gasteiger partial charge in [0.25, 0.3) is 5.56 Å². The second-order valence-corrected chi connectivity index (χ2v) is 5.91. The number of aryl methyl sites for hydroxylation is 1. The van der Waals surface area contributed by atoms with E-state index in [2.05, 4.69) is 37.1 Å². The largest absolute Gasteiger partial charge is 0.290 e. The van der Waals surface area contributed by atoms with Crippen LogP contribution in [-0.2, 0) is 6.42 Å². The van der Waals surface area contributed by atoms with E-state index in [1.165, 1.54) is 5.56 Å². The maximum Gasteiger partial charge on any atom is 0.275 e. The molecule has 0 radical (unpaired) electrons. The van der Waals surface area contributed by atoms with Gasteiger partial charge in [-0.1, -0.05) is 55.3 Å². The third kappa shape index (κ3) is 3.14. The predicted molar refractivity (Wildman–Crippen MR) is 95.2 cm³/mol. The molecule has 1 heterocycles. The Hall–Kier alpha value is -2.55. The molecule has 0 aliphatic carbocycles. The average Bonchev–Trinajstić information content (AvgIpc) is 2.90. The van der Waals surface area contributed by atoms with Crippen LogP contribution < -0.4 is 5.56 Å². The van der Waals surface area contributed by atoms with Crippen LogP contribution in [0.3, 0.4) is 0 Å².